The number of carbonyl (C=O) groups excluding carboxylic acids is 2. The molecule has 2 aliphatic heterocycles. The van der Waals surface area contributed by atoms with Gasteiger partial charge in [0.15, 0.2) is 0 Å². The minimum absolute atomic E-state index is 0.0496. The van der Waals surface area contributed by atoms with Gasteiger partial charge < -0.3 is 14.5 Å². The summed E-state index contributed by atoms with van der Waals surface area (Å²) in [6.07, 6.45) is 3.02. The first kappa shape index (κ1) is 17.9. The lowest BCUT2D eigenvalue weighted by atomic mass is 9.81. The largest absolute Gasteiger partial charge is 0.381 e. The minimum atomic E-state index is -0.103. The summed E-state index contributed by atoms with van der Waals surface area (Å²) in [6, 6.07) is 10.1. The fourth-order valence-corrected chi connectivity index (χ4v) is 4.19. The van der Waals surface area contributed by atoms with Gasteiger partial charge in [-0.1, -0.05) is 30.3 Å². The van der Waals surface area contributed by atoms with Gasteiger partial charge in [-0.15, -0.1) is 0 Å². The average molecular weight is 344 g/mol. The molecule has 2 amide bonds. The Hall–Kier alpha value is -1.88. The van der Waals surface area contributed by atoms with E-state index >= 15 is 0 Å². The molecule has 0 bridgehead atoms. The molecule has 1 aromatic rings. The highest BCUT2D eigenvalue weighted by atomic mass is 16.5. The molecule has 0 aromatic heterocycles. The monoisotopic (exact) mass is 344 g/mol. The van der Waals surface area contributed by atoms with Crippen molar-refractivity contribution < 1.29 is 14.3 Å². The number of piperidine rings is 1. The van der Waals surface area contributed by atoms with Crippen molar-refractivity contribution in [3.8, 4) is 0 Å². The Morgan fingerprint density at radius 2 is 1.92 bits per heavy atom. The summed E-state index contributed by atoms with van der Waals surface area (Å²) in [4.78, 5) is 29.0. The summed E-state index contributed by atoms with van der Waals surface area (Å²) < 4.78 is 5.28. The maximum atomic E-state index is 12.8. The molecule has 2 saturated heterocycles. The first-order valence-electron chi connectivity index (χ1n) is 9.25. The van der Waals surface area contributed by atoms with E-state index in [0.29, 0.717) is 19.6 Å². The number of hydrogen-bond acceptors (Lipinski definition) is 3. The number of nitrogens with zero attached hydrogens (tertiary/aromatic N) is 2. The highest BCUT2D eigenvalue weighted by molar-refractivity contribution is 5.87. The molecule has 2 fully saturated rings. The number of amides is 2. The van der Waals surface area contributed by atoms with Gasteiger partial charge in [0.25, 0.3) is 0 Å². The van der Waals surface area contributed by atoms with Crippen molar-refractivity contribution in [2.45, 2.75) is 44.1 Å². The van der Waals surface area contributed by atoms with E-state index in [1.54, 1.807) is 0 Å². The number of carbonyl (C=O) groups is 2. The van der Waals surface area contributed by atoms with E-state index in [-0.39, 0.29) is 23.3 Å². The van der Waals surface area contributed by atoms with E-state index < -0.39 is 0 Å². The smallest absolute Gasteiger partial charge is 0.230 e. The van der Waals surface area contributed by atoms with Crippen molar-refractivity contribution >= 4 is 11.8 Å². The van der Waals surface area contributed by atoms with Crippen LogP contribution in [0.1, 0.15) is 44.1 Å². The summed E-state index contributed by atoms with van der Waals surface area (Å²) in [5.41, 5.74) is 1.00. The van der Waals surface area contributed by atoms with Crippen molar-refractivity contribution in [2.75, 3.05) is 33.4 Å². The Labute approximate surface area is 149 Å². The predicted molar refractivity (Wildman–Crippen MR) is 96.2 cm³/mol. The number of ether oxygens (including phenoxy) is 1. The van der Waals surface area contributed by atoms with Crippen molar-refractivity contribution in [2.24, 2.45) is 0 Å². The van der Waals surface area contributed by atoms with Gasteiger partial charge in [0.2, 0.25) is 11.8 Å². The molecule has 1 aromatic carbocycles. The summed E-state index contributed by atoms with van der Waals surface area (Å²) in [7, 11) is 1.93. The third-order valence-electron chi connectivity index (χ3n) is 5.84. The Morgan fingerprint density at radius 1 is 1.24 bits per heavy atom. The Morgan fingerprint density at radius 3 is 2.56 bits per heavy atom. The fourth-order valence-electron chi connectivity index (χ4n) is 4.19. The molecular weight excluding hydrogens is 316 g/mol. The number of hydrogen-bond donors (Lipinski definition) is 0. The van der Waals surface area contributed by atoms with Crippen LogP contribution in [0.2, 0.25) is 0 Å². The summed E-state index contributed by atoms with van der Waals surface area (Å²) >= 11 is 0. The van der Waals surface area contributed by atoms with Gasteiger partial charge in [0, 0.05) is 32.3 Å². The molecule has 0 aliphatic carbocycles. The molecule has 2 heterocycles. The number of benzene rings is 1. The predicted octanol–water partition coefficient (Wildman–Crippen LogP) is 2.42. The second-order valence-corrected chi connectivity index (χ2v) is 7.12. The second kappa shape index (κ2) is 7.56. The van der Waals surface area contributed by atoms with E-state index in [2.05, 4.69) is 0 Å². The summed E-state index contributed by atoms with van der Waals surface area (Å²) in [5.74, 6) is 0.323. The lowest BCUT2D eigenvalue weighted by molar-refractivity contribution is -0.136. The quantitative estimate of drug-likeness (QED) is 0.771. The second-order valence-electron chi connectivity index (χ2n) is 7.12. The topological polar surface area (TPSA) is 49.9 Å². The highest BCUT2D eigenvalue weighted by Gasteiger charge is 2.50. The van der Waals surface area contributed by atoms with Crippen molar-refractivity contribution in [1.29, 1.82) is 0 Å². The van der Waals surface area contributed by atoms with Crippen molar-refractivity contribution in [3.05, 3.63) is 35.9 Å². The standard InChI is InChI=1S/C20H28N2O3/c1-3-25-14-9-18(23)22-12-10-20(11-13-22)15-17(19(24)21(20)2)16-7-5-4-6-8-16/h4-8,17H,3,9-15H2,1-2H3. The highest BCUT2D eigenvalue weighted by Crippen LogP contribution is 2.44. The number of likely N-dealkylation sites (N-methyl/N-ethyl adjacent to an activating group) is 1. The molecule has 3 rings (SSSR count). The zero-order valence-corrected chi connectivity index (χ0v) is 15.2. The van der Waals surface area contributed by atoms with Gasteiger partial charge in [-0.25, -0.2) is 0 Å². The van der Waals surface area contributed by atoms with Gasteiger partial charge in [0.05, 0.1) is 18.9 Å². The van der Waals surface area contributed by atoms with Crippen LogP contribution in [0.15, 0.2) is 30.3 Å². The van der Waals surface area contributed by atoms with E-state index in [1.807, 2.05) is 54.1 Å². The van der Waals surface area contributed by atoms with Gasteiger partial charge in [-0.3, -0.25) is 9.59 Å². The van der Waals surface area contributed by atoms with Crippen LogP contribution in [0.25, 0.3) is 0 Å². The zero-order chi connectivity index (χ0) is 17.9. The molecule has 1 unspecified atom stereocenters. The van der Waals surface area contributed by atoms with Crippen LogP contribution in [0.5, 0.6) is 0 Å². The molecule has 2 aliphatic rings. The van der Waals surface area contributed by atoms with Crippen molar-refractivity contribution in [3.63, 3.8) is 0 Å². The molecule has 0 N–H and O–H groups in total. The Balaban J connectivity index is 1.62. The van der Waals surface area contributed by atoms with Crippen LogP contribution < -0.4 is 0 Å². The molecule has 25 heavy (non-hydrogen) atoms. The molecular formula is C20H28N2O3. The maximum absolute atomic E-state index is 12.8. The first-order valence-corrected chi connectivity index (χ1v) is 9.25. The van der Waals surface area contributed by atoms with Gasteiger partial charge in [-0.05, 0) is 31.7 Å². The van der Waals surface area contributed by atoms with Crippen LogP contribution >= 0.6 is 0 Å². The Kier molecular flexibility index (Phi) is 5.42. The van der Waals surface area contributed by atoms with Gasteiger partial charge in [0.1, 0.15) is 0 Å². The van der Waals surface area contributed by atoms with Crippen LogP contribution in [-0.4, -0.2) is 60.5 Å². The SMILES string of the molecule is CCOCCC(=O)N1CCC2(CC1)CC(c1ccccc1)C(=O)N2C. The van der Waals surface area contributed by atoms with Crippen LogP contribution in [-0.2, 0) is 14.3 Å². The number of rotatable bonds is 5. The van der Waals surface area contributed by atoms with E-state index in [4.69, 9.17) is 4.74 Å². The van der Waals surface area contributed by atoms with Gasteiger partial charge in [-0.2, -0.15) is 0 Å². The molecule has 5 heteroatoms. The van der Waals surface area contributed by atoms with Crippen LogP contribution in [0.4, 0.5) is 0 Å². The molecule has 5 nitrogen and oxygen atoms in total. The van der Waals surface area contributed by atoms with E-state index in [0.717, 1.165) is 37.9 Å². The molecule has 1 spiro atoms. The first-order chi connectivity index (χ1) is 12.1. The molecule has 136 valence electrons. The van der Waals surface area contributed by atoms with Gasteiger partial charge >= 0.3 is 0 Å². The summed E-state index contributed by atoms with van der Waals surface area (Å²) in [6.45, 7) is 4.52. The normalized spacial score (nSPS) is 22.6. The molecule has 0 saturated carbocycles. The zero-order valence-electron chi connectivity index (χ0n) is 15.2. The molecule has 1 atom stereocenters. The third kappa shape index (κ3) is 3.56. The van der Waals surface area contributed by atoms with Crippen LogP contribution in [0.3, 0.4) is 0 Å². The van der Waals surface area contributed by atoms with E-state index in [9.17, 15) is 9.59 Å². The third-order valence-corrected chi connectivity index (χ3v) is 5.84. The van der Waals surface area contributed by atoms with E-state index in [1.165, 1.54) is 0 Å². The van der Waals surface area contributed by atoms with Crippen LogP contribution in [0, 0.1) is 0 Å². The maximum Gasteiger partial charge on any atom is 0.230 e. The summed E-state index contributed by atoms with van der Waals surface area (Å²) in [5, 5.41) is 0. The van der Waals surface area contributed by atoms with Crippen molar-refractivity contribution in [1.82, 2.24) is 9.80 Å². The minimum Gasteiger partial charge on any atom is -0.381 e. The lowest BCUT2D eigenvalue weighted by Gasteiger charge is -2.43. The Bertz CT molecular complexity index is 609. The average Bonchev–Trinajstić information content (AvgIpc) is 2.88. The lowest BCUT2D eigenvalue weighted by Crippen LogP contribution is -2.52. The molecule has 0 radical (unpaired) electrons. The number of likely N-dealkylation sites (tertiary alicyclic amines) is 2. The fraction of sp³-hybridized carbons (Fsp3) is 0.600.